The average molecular weight is 374 g/mol. The summed E-state index contributed by atoms with van der Waals surface area (Å²) in [5.74, 6) is 0.401. The Morgan fingerprint density at radius 1 is 1.18 bits per heavy atom. The molecule has 2 aromatic heterocycles. The Bertz CT molecular complexity index is 1200. The van der Waals surface area contributed by atoms with E-state index in [0.29, 0.717) is 35.5 Å². The highest BCUT2D eigenvalue weighted by molar-refractivity contribution is 6.00. The van der Waals surface area contributed by atoms with Crippen LogP contribution in [0.15, 0.2) is 70.4 Å². The first kappa shape index (κ1) is 17.7. The number of nitrogens with zero attached hydrogens (tertiary/aromatic N) is 3. The second-order valence-electron chi connectivity index (χ2n) is 6.44. The summed E-state index contributed by atoms with van der Waals surface area (Å²) in [5, 5.41) is 7.67. The van der Waals surface area contributed by atoms with Gasteiger partial charge in [0, 0.05) is 36.0 Å². The molecule has 0 fully saturated rings. The topological polar surface area (TPSA) is 90.0 Å². The van der Waals surface area contributed by atoms with Crippen molar-refractivity contribution in [1.29, 1.82) is 0 Å². The fourth-order valence-electron chi connectivity index (χ4n) is 2.99. The number of benzene rings is 2. The van der Waals surface area contributed by atoms with Crippen LogP contribution in [0.4, 0.5) is 0 Å². The van der Waals surface area contributed by atoms with Crippen molar-refractivity contribution in [3.8, 4) is 11.3 Å². The van der Waals surface area contributed by atoms with Gasteiger partial charge in [0.25, 0.3) is 11.5 Å². The Morgan fingerprint density at radius 3 is 2.82 bits per heavy atom. The molecule has 4 aromatic rings. The van der Waals surface area contributed by atoms with Gasteiger partial charge in [-0.1, -0.05) is 35.5 Å². The smallest absolute Gasteiger partial charge is 0.256 e. The molecule has 0 aliphatic heterocycles. The third kappa shape index (κ3) is 3.42. The quantitative estimate of drug-likeness (QED) is 0.580. The molecule has 1 N–H and O–H groups in total. The highest BCUT2D eigenvalue weighted by atomic mass is 16.5. The maximum Gasteiger partial charge on any atom is 0.256 e. The number of rotatable bonds is 5. The van der Waals surface area contributed by atoms with Gasteiger partial charge in [-0.2, -0.15) is 0 Å². The molecule has 0 aliphatic carbocycles. The molecule has 0 saturated carbocycles. The molecule has 2 aromatic carbocycles. The minimum Gasteiger partial charge on any atom is -0.355 e. The Labute approximate surface area is 160 Å². The van der Waals surface area contributed by atoms with Gasteiger partial charge in [-0.25, -0.2) is 4.98 Å². The fraction of sp³-hybridized carbons (Fsp3) is 0.143. The average Bonchev–Trinajstić information content (AvgIpc) is 3.15. The van der Waals surface area contributed by atoms with Crippen LogP contribution >= 0.6 is 0 Å². The fourth-order valence-corrected chi connectivity index (χ4v) is 2.99. The van der Waals surface area contributed by atoms with Gasteiger partial charge in [0.1, 0.15) is 5.52 Å². The molecule has 0 radical (unpaired) electrons. The molecule has 140 valence electrons. The molecule has 0 bridgehead atoms. The molecule has 28 heavy (non-hydrogen) atoms. The Morgan fingerprint density at radius 2 is 2.00 bits per heavy atom. The van der Waals surface area contributed by atoms with Crippen LogP contribution in [0.2, 0.25) is 0 Å². The third-order valence-corrected chi connectivity index (χ3v) is 4.49. The summed E-state index contributed by atoms with van der Waals surface area (Å²) in [7, 11) is 0. The first-order valence-electron chi connectivity index (χ1n) is 8.87. The number of hydrogen-bond donors (Lipinski definition) is 1. The van der Waals surface area contributed by atoms with E-state index in [4.69, 9.17) is 4.52 Å². The number of carbonyl (C=O) groups excluding carboxylic acids is 1. The lowest BCUT2D eigenvalue weighted by atomic mass is 10.1. The normalized spacial score (nSPS) is 10.9. The molecular weight excluding hydrogens is 356 g/mol. The van der Waals surface area contributed by atoms with Crippen molar-refractivity contribution in [2.45, 2.75) is 13.5 Å². The van der Waals surface area contributed by atoms with E-state index in [-0.39, 0.29) is 11.5 Å². The van der Waals surface area contributed by atoms with E-state index < -0.39 is 0 Å². The van der Waals surface area contributed by atoms with Crippen LogP contribution in [-0.2, 0) is 6.54 Å². The summed E-state index contributed by atoms with van der Waals surface area (Å²) in [6.45, 7) is 2.38. The summed E-state index contributed by atoms with van der Waals surface area (Å²) < 4.78 is 6.95. The van der Waals surface area contributed by atoms with Gasteiger partial charge in [0.15, 0.2) is 5.76 Å². The van der Waals surface area contributed by atoms with Gasteiger partial charge >= 0.3 is 0 Å². The van der Waals surface area contributed by atoms with E-state index in [1.165, 1.54) is 17.1 Å². The van der Waals surface area contributed by atoms with Crippen LogP contribution in [0.3, 0.4) is 0 Å². The number of nitrogens with one attached hydrogen (secondary N) is 1. The van der Waals surface area contributed by atoms with E-state index in [1.54, 1.807) is 25.1 Å². The van der Waals surface area contributed by atoms with Crippen molar-refractivity contribution in [3.05, 3.63) is 82.5 Å². The van der Waals surface area contributed by atoms with E-state index in [1.807, 2.05) is 30.3 Å². The van der Waals surface area contributed by atoms with Crippen molar-refractivity contribution >= 4 is 16.8 Å². The molecule has 4 rings (SSSR count). The van der Waals surface area contributed by atoms with Crippen LogP contribution < -0.4 is 10.9 Å². The van der Waals surface area contributed by atoms with E-state index in [9.17, 15) is 9.59 Å². The van der Waals surface area contributed by atoms with Crippen molar-refractivity contribution in [2.75, 3.05) is 6.54 Å². The Balaban J connectivity index is 1.51. The Kier molecular flexibility index (Phi) is 4.72. The summed E-state index contributed by atoms with van der Waals surface area (Å²) in [4.78, 5) is 28.5. The van der Waals surface area contributed by atoms with Crippen molar-refractivity contribution in [2.24, 2.45) is 0 Å². The first-order chi connectivity index (χ1) is 13.6. The molecule has 0 unspecified atom stereocenters. The zero-order valence-electron chi connectivity index (χ0n) is 15.3. The minimum absolute atomic E-state index is 0.109. The molecule has 7 nitrogen and oxygen atoms in total. The largest absolute Gasteiger partial charge is 0.355 e. The number of aryl methyl sites for hydroxylation is 1. The molecule has 0 spiro atoms. The number of hydrogen-bond acceptors (Lipinski definition) is 5. The zero-order valence-corrected chi connectivity index (χ0v) is 15.3. The highest BCUT2D eigenvalue weighted by Crippen LogP contribution is 2.29. The third-order valence-electron chi connectivity index (χ3n) is 4.49. The zero-order chi connectivity index (χ0) is 19.5. The van der Waals surface area contributed by atoms with Gasteiger partial charge in [0.05, 0.1) is 11.7 Å². The van der Waals surface area contributed by atoms with Gasteiger partial charge in [-0.3, -0.25) is 14.2 Å². The maximum atomic E-state index is 12.5. The van der Waals surface area contributed by atoms with E-state index in [0.717, 1.165) is 10.9 Å². The molecule has 0 aliphatic rings. The Hall–Kier alpha value is -3.74. The van der Waals surface area contributed by atoms with Crippen molar-refractivity contribution < 1.29 is 9.32 Å². The van der Waals surface area contributed by atoms with E-state index in [2.05, 4.69) is 15.5 Å². The van der Waals surface area contributed by atoms with Crippen LogP contribution in [0.25, 0.3) is 22.2 Å². The molecule has 7 heteroatoms. The van der Waals surface area contributed by atoms with Gasteiger partial charge in [-0.15, -0.1) is 0 Å². The number of carbonyl (C=O) groups is 1. The number of fused-ring (bicyclic) bond motifs is 1. The molecule has 1 amide bonds. The minimum atomic E-state index is -0.226. The second kappa shape index (κ2) is 7.48. The molecule has 2 heterocycles. The lowest BCUT2D eigenvalue weighted by Crippen LogP contribution is -2.31. The van der Waals surface area contributed by atoms with Gasteiger partial charge < -0.3 is 9.84 Å². The molecule has 0 atom stereocenters. The maximum absolute atomic E-state index is 12.5. The SMILES string of the molecule is Cc1cncn(CCNC(=O)c2ccc3noc(-c4ccccc4)c3c2)c1=O. The summed E-state index contributed by atoms with van der Waals surface area (Å²) in [5.41, 5.74) is 2.55. The molecular formula is C21H18N4O3. The van der Waals surface area contributed by atoms with Crippen LogP contribution in [-0.4, -0.2) is 27.2 Å². The lowest BCUT2D eigenvalue weighted by molar-refractivity contribution is 0.0952. The van der Waals surface area contributed by atoms with E-state index >= 15 is 0 Å². The standard InChI is InChI=1S/C21H18N4O3/c1-14-12-22-13-25(21(14)27)10-9-23-20(26)16-7-8-18-17(11-16)19(28-24-18)15-5-3-2-4-6-15/h2-8,11-13H,9-10H2,1H3,(H,23,26). The number of amides is 1. The summed E-state index contributed by atoms with van der Waals surface area (Å²) in [6.07, 6.45) is 2.99. The first-order valence-corrected chi connectivity index (χ1v) is 8.87. The predicted molar refractivity (Wildman–Crippen MR) is 105 cm³/mol. The van der Waals surface area contributed by atoms with Crippen molar-refractivity contribution in [3.63, 3.8) is 0 Å². The van der Waals surface area contributed by atoms with Crippen LogP contribution in [0.5, 0.6) is 0 Å². The number of aromatic nitrogens is 3. The lowest BCUT2D eigenvalue weighted by Gasteiger charge is -2.08. The summed E-state index contributed by atoms with van der Waals surface area (Å²) >= 11 is 0. The van der Waals surface area contributed by atoms with Gasteiger partial charge in [0.2, 0.25) is 0 Å². The predicted octanol–water partition coefficient (Wildman–Crippen LogP) is 2.79. The molecule has 0 saturated heterocycles. The van der Waals surface area contributed by atoms with Gasteiger partial charge in [-0.05, 0) is 25.1 Å². The van der Waals surface area contributed by atoms with Crippen molar-refractivity contribution in [1.82, 2.24) is 20.0 Å². The van der Waals surface area contributed by atoms with Crippen LogP contribution in [0.1, 0.15) is 15.9 Å². The van der Waals surface area contributed by atoms with Crippen LogP contribution in [0, 0.1) is 6.92 Å². The summed E-state index contributed by atoms with van der Waals surface area (Å²) in [6, 6.07) is 14.9. The highest BCUT2D eigenvalue weighted by Gasteiger charge is 2.14. The second-order valence-corrected chi connectivity index (χ2v) is 6.44. The monoisotopic (exact) mass is 374 g/mol.